The standard InChI is InChI=1S/C14H19N3OS.C2HF3O2/c1-16-13-9-17(8-11-5-7-19-10-11)6-3-4-12(13)14(15-16)18-2;3-2(4,5)1(6)7/h5,7,10H,3-4,6,8-9H2,1-2H3;(H,6,7). The normalized spacial score (nSPS) is 14.8. The van der Waals surface area contributed by atoms with Crippen molar-refractivity contribution in [2.75, 3.05) is 13.7 Å². The van der Waals surface area contributed by atoms with Gasteiger partial charge in [-0.3, -0.25) is 9.58 Å². The van der Waals surface area contributed by atoms with Crippen LogP contribution in [0.25, 0.3) is 0 Å². The third kappa shape index (κ3) is 5.21. The van der Waals surface area contributed by atoms with Crippen LogP contribution in [0.15, 0.2) is 16.8 Å². The SMILES string of the molecule is COc1nn(C)c2c1CCCN(Cc1ccsc1)C2.O=C(O)C(F)(F)F. The largest absolute Gasteiger partial charge is 0.490 e. The molecule has 0 bridgehead atoms. The monoisotopic (exact) mass is 391 g/mol. The summed E-state index contributed by atoms with van der Waals surface area (Å²) in [5.74, 6) is -1.96. The van der Waals surface area contributed by atoms with Gasteiger partial charge in [-0.15, -0.1) is 5.10 Å². The molecule has 1 N–H and O–H groups in total. The predicted octanol–water partition coefficient (Wildman–Crippen LogP) is 3.07. The molecule has 2 aromatic rings. The lowest BCUT2D eigenvalue weighted by Gasteiger charge is -2.19. The molecule has 1 aliphatic rings. The summed E-state index contributed by atoms with van der Waals surface area (Å²) in [6.07, 6.45) is -2.86. The number of methoxy groups -OCH3 is 1. The molecule has 6 nitrogen and oxygen atoms in total. The van der Waals surface area contributed by atoms with Gasteiger partial charge in [-0.2, -0.15) is 24.5 Å². The van der Waals surface area contributed by atoms with Crippen LogP contribution in [0, 0.1) is 0 Å². The van der Waals surface area contributed by atoms with Crippen LogP contribution in [0.5, 0.6) is 5.88 Å². The van der Waals surface area contributed by atoms with E-state index in [1.807, 2.05) is 11.7 Å². The number of carboxylic acid groups (broad SMARTS) is 1. The molecule has 2 aromatic heterocycles. The second-order valence-electron chi connectivity index (χ2n) is 5.81. The van der Waals surface area contributed by atoms with Crippen LogP contribution in [-0.2, 0) is 31.4 Å². The molecule has 10 heteroatoms. The molecule has 26 heavy (non-hydrogen) atoms. The Kier molecular flexibility index (Phi) is 6.65. The van der Waals surface area contributed by atoms with Gasteiger partial charge in [0.25, 0.3) is 0 Å². The van der Waals surface area contributed by atoms with Crippen molar-refractivity contribution in [3.8, 4) is 5.88 Å². The fourth-order valence-electron chi connectivity index (χ4n) is 2.73. The first-order chi connectivity index (χ1) is 12.2. The Balaban J connectivity index is 0.000000298. The van der Waals surface area contributed by atoms with Crippen molar-refractivity contribution in [1.82, 2.24) is 14.7 Å². The number of aryl methyl sites for hydroxylation is 1. The molecular formula is C16H20F3N3O3S. The molecule has 1 aliphatic heterocycles. The summed E-state index contributed by atoms with van der Waals surface area (Å²) < 4.78 is 39.1. The number of nitrogens with zero attached hydrogens (tertiary/aromatic N) is 3. The summed E-state index contributed by atoms with van der Waals surface area (Å²) >= 11 is 1.77. The molecule has 0 fully saturated rings. The zero-order chi connectivity index (χ0) is 19.3. The van der Waals surface area contributed by atoms with E-state index >= 15 is 0 Å². The highest BCUT2D eigenvalue weighted by Crippen LogP contribution is 2.27. The minimum Gasteiger partial charge on any atom is -0.480 e. The van der Waals surface area contributed by atoms with E-state index in [4.69, 9.17) is 14.6 Å². The molecular weight excluding hydrogens is 371 g/mol. The molecule has 0 saturated carbocycles. The fourth-order valence-corrected chi connectivity index (χ4v) is 3.39. The van der Waals surface area contributed by atoms with Crippen molar-refractivity contribution in [3.63, 3.8) is 0 Å². The number of fused-ring (bicyclic) bond motifs is 1. The average molecular weight is 391 g/mol. The highest BCUT2D eigenvalue weighted by atomic mass is 32.1. The highest BCUT2D eigenvalue weighted by molar-refractivity contribution is 7.07. The second-order valence-corrected chi connectivity index (χ2v) is 6.59. The van der Waals surface area contributed by atoms with Crippen molar-refractivity contribution >= 4 is 17.3 Å². The third-order valence-corrected chi connectivity index (χ3v) is 4.67. The van der Waals surface area contributed by atoms with E-state index in [-0.39, 0.29) is 0 Å². The number of halogens is 3. The van der Waals surface area contributed by atoms with E-state index in [1.165, 1.54) is 23.2 Å². The highest BCUT2D eigenvalue weighted by Gasteiger charge is 2.38. The number of ether oxygens (including phenoxy) is 1. The minimum atomic E-state index is -5.08. The van der Waals surface area contributed by atoms with Crippen molar-refractivity contribution in [2.24, 2.45) is 7.05 Å². The first-order valence-corrected chi connectivity index (χ1v) is 8.79. The van der Waals surface area contributed by atoms with Gasteiger partial charge in [0.05, 0.1) is 12.8 Å². The van der Waals surface area contributed by atoms with Crippen molar-refractivity contribution < 1.29 is 27.8 Å². The second kappa shape index (κ2) is 8.54. The summed E-state index contributed by atoms with van der Waals surface area (Å²) in [6.45, 7) is 3.11. The van der Waals surface area contributed by atoms with Gasteiger partial charge >= 0.3 is 12.1 Å². The van der Waals surface area contributed by atoms with Gasteiger partial charge in [0.15, 0.2) is 0 Å². The number of hydrogen-bond donors (Lipinski definition) is 1. The zero-order valence-corrected chi connectivity index (χ0v) is 15.2. The topological polar surface area (TPSA) is 67.6 Å². The third-order valence-electron chi connectivity index (χ3n) is 3.93. The van der Waals surface area contributed by atoms with Crippen LogP contribution >= 0.6 is 11.3 Å². The van der Waals surface area contributed by atoms with Crippen molar-refractivity contribution in [2.45, 2.75) is 32.1 Å². The van der Waals surface area contributed by atoms with Crippen LogP contribution in [0.1, 0.15) is 23.2 Å². The first kappa shape index (κ1) is 20.2. The smallest absolute Gasteiger partial charge is 0.480 e. The van der Waals surface area contributed by atoms with Gasteiger partial charge in [-0.05, 0) is 41.8 Å². The van der Waals surface area contributed by atoms with Gasteiger partial charge in [-0.25, -0.2) is 4.79 Å². The number of carboxylic acids is 1. The van der Waals surface area contributed by atoms with Crippen LogP contribution < -0.4 is 4.74 Å². The maximum Gasteiger partial charge on any atom is 0.490 e. The van der Waals surface area contributed by atoms with Crippen LogP contribution in [-0.4, -0.2) is 45.6 Å². The molecule has 0 aliphatic carbocycles. The quantitative estimate of drug-likeness (QED) is 0.871. The predicted molar refractivity (Wildman–Crippen MR) is 90.2 cm³/mol. The Hall–Kier alpha value is -2.07. The van der Waals surface area contributed by atoms with Gasteiger partial charge < -0.3 is 9.84 Å². The Morgan fingerprint density at radius 2 is 2.15 bits per heavy atom. The molecule has 0 unspecified atom stereocenters. The van der Waals surface area contributed by atoms with Crippen molar-refractivity contribution in [1.29, 1.82) is 0 Å². The van der Waals surface area contributed by atoms with Gasteiger partial charge in [0.1, 0.15) is 0 Å². The fraction of sp³-hybridized carbons (Fsp3) is 0.500. The Morgan fingerprint density at radius 1 is 1.46 bits per heavy atom. The lowest BCUT2D eigenvalue weighted by atomic mass is 10.1. The number of alkyl halides is 3. The summed E-state index contributed by atoms with van der Waals surface area (Å²) in [5, 5.41) is 16.0. The number of aromatic nitrogens is 2. The Morgan fingerprint density at radius 3 is 2.69 bits per heavy atom. The molecule has 0 radical (unpaired) electrons. The molecule has 0 atom stereocenters. The first-order valence-electron chi connectivity index (χ1n) is 7.84. The maximum atomic E-state index is 10.6. The van der Waals surface area contributed by atoms with E-state index in [1.54, 1.807) is 18.4 Å². The van der Waals surface area contributed by atoms with Gasteiger partial charge in [-0.1, -0.05) is 0 Å². The molecule has 3 rings (SSSR count). The molecule has 0 amide bonds. The van der Waals surface area contributed by atoms with E-state index in [0.29, 0.717) is 0 Å². The van der Waals surface area contributed by atoms with Gasteiger partial charge in [0, 0.05) is 25.7 Å². The molecule has 3 heterocycles. The lowest BCUT2D eigenvalue weighted by molar-refractivity contribution is -0.192. The van der Waals surface area contributed by atoms with Crippen LogP contribution in [0.2, 0.25) is 0 Å². The minimum absolute atomic E-state index is 0.801. The van der Waals surface area contributed by atoms with E-state index in [9.17, 15) is 13.2 Å². The molecule has 0 saturated heterocycles. The average Bonchev–Trinajstić information content (AvgIpc) is 3.10. The summed E-state index contributed by atoms with van der Waals surface area (Å²) in [4.78, 5) is 11.4. The zero-order valence-electron chi connectivity index (χ0n) is 14.4. The molecule has 0 spiro atoms. The summed E-state index contributed by atoms with van der Waals surface area (Å²) in [6, 6.07) is 2.21. The summed E-state index contributed by atoms with van der Waals surface area (Å²) in [7, 11) is 3.71. The number of carbonyl (C=O) groups is 1. The van der Waals surface area contributed by atoms with Gasteiger partial charge in [0.2, 0.25) is 5.88 Å². The van der Waals surface area contributed by atoms with E-state index in [2.05, 4.69) is 26.8 Å². The summed E-state index contributed by atoms with van der Waals surface area (Å²) in [5.41, 5.74) is 3.99. The molecule has 144 valence electrons. The number of aliphatic carboxylic acids is 1. The Labute approximate surface area is 152 Å². The van der Waals surface area contributed by atoms with Crippen LogP contribution in [0.4, 0.5) is 13.2 Å². The number of thiophene rings is 1. The van der Waals surface area contributed by atoms with Crippen LogP contribution in [0.3, 0.4) is 0 Å². The molecule has 0 aromatic carbocycles. The number of hydrogen-bond acceptors (Lipinski definition) is 5. The Bertz CT molecular complexity index is 729. The lowest BCUT2D eigenvalue weighted by Crippen LogP contribution is -2.23. The van der Waals surface area contributed by atoms with E-state index in [0.717, 1.165) is 31.9 Å². The van der Waals surface area contributed by atoms with Crippen molar-refractivity contribution in [3.05, 3.63) is 33.6 Å². The van der Waals surface area contributed by atoms with E-state index < -0.39 is 12.1 Å². The maximum absolute atomic E-state index is 10.6. The number of rotatable bonds is 3.